The predicted octanol–water partition coefficient (Wildman–Crippen LogP) is 3.33. The van der Waals surface area contributed by atoms with Gasteiger partial charge in [0.05, 0.1) is 13.0 Å². The quantitative estimate of drug-likeness (QED) is 0.540. The number of ether oxygens (including phenoxy) is 3. The summed E-state index contributed by atoms with van der Waals surface area (Å²) < 4.78 is 30.1. The molecule has 9 nitrogen and oxygen atoms in total. The number of halogens is 1. The fraction of sp³-hybridized carbons (Fsp3) is 0.481. The van der Waals surface area contributed by atoms with Crippen LogP contribution in [0.2, 0.25) is 0 Å². The average molecular weight is 515 g/mol. The summed E-state index contributed by atoms with van der Waals surface area (Å²) in [4.78, 5) is 42.4. The van der Waals surface area contributed by atoms with E-state index in [1.807, 2.05) is 0 Å². The monoisotopic (exact) mass is 514 g/mol. The molecule has 2 fully saturated rings. The van der Waals surface area contributed by atoms with Crippen LogP contribution in [0, 0.1) is 17.7 Å². The van der Waals surface area contributed by atoms with E-state index in [0.29, 0.717) is 19.3 Å². The average Bonchev–Trinajstić information content (AvgIpc) is 3.72. The highest BCUT2D eigenvalue weighted by Crippen LogP contribution is 2.34. The summed E-state index contributed by atoms with van der Waals surface area (Å²) in [6.45, 7) is 1.73. The maximum Gasteiger partial charge on any atom is 0.328 e. The maximum absolute atomic E-state index is 13.4. The lowest BCUT2D eigenvalue weighted by Crippen LogP contribution is -2.44. The van der Waals surface area contributed by atoms with Crippen LogP contribution in [0.5, 0.6) is 11.5 Å². The van der Waals surface area contributed by atoms with Crippen molar-refractivity contribution in [1.82, 2.24) is 10.3 Å². The lowest BCUT2D eigenvalue weighted by Gasteiger charge is -2.31. The Bertz CT molecular complexity index is 1140. The third-order valence-electron chi connectivity index (χ3n) is 6.84. The zero-order valence-corrected chi connectivity index (χ0v) is 20.8. The maximum atomic E-state index is 13.4. The van der Waals surface area contributed by atoms with Crippen molar-refractivity contribution < 1.29 is 38.1 Å². The molecule has 1 aliphatic heterocycles. The first-order chi connectivity index (χ1) is 17.8. The SMILES string of the molecule is COc1ccnc(C(=O)NC2CCC[C@H](OC(=O)C3CC3)[C@@H](Cc3ccc(F)cc3)[C@H](C)OC2=O)c1O. The van der Waals surface area contributed by atoms with Crippen molar-refractivity contribution in [3.8, 4) is 11.5 Å². The Hall–Kier alpha value is -3.69. The van der Waals surface area contributed by atoms with E-state index in [1.165, 1.54) is 31.5 Å². The van der Waals surface area contributed by atoms with Crippen molar-refractivity contribution in [1.29, 1.82) is 0 Å². The first kappa shape index (κ1) is 26.4. The van der Waals surface area contributed by atoms with E-state index in [-0.39, 0.29) is 41.5 Å². The number of rotatable bonds is 7. The third kappa shape index (κ3) is 6.55. The summed E-state index contributed by atoms with van der Waals surface area (Å²) in [5, 5.41) is 12.9. The second-order valence-electron chi connectivity index (χ2n) is 9.55. The molecule has 37 heavy (non-hydrogen) atoms. The Morgan fingerprint density at radius 1 is 1.16 bits per heavy atom. The highest BCUT2D eigenvalue weighted by Gasteiger charge is 2.39. The van der Waals surface area contributed by atoms with E-state index < -0.39 is 35.9 Å². The molecule has 2 N–H and O–H groups in total. The normalized spacial score (nSPS) is 24.1. The Morgan fingerprint density at radius 2 is 1.89 bits per heavy atom. The zero-order valence-electron chi connectivity index (χ0n) is 20.8. The molecule has 1 saturated carbocycles. The van der Waals surface area contributed by atoms with Gasteiger partial charge in [-0.3, -0.25) is 9.59 Å². The van der Waals surface area contributed by atoms with Gasteiger partial charge in [-0.05, 0) is 63.1 Å². The van der Waals surface area contributed by atoms with E-state index in [0.717, 1.165) is 18.4 Å². The molecule has 2 aromatic rings. The highest BCUT2D eigenvalue weighted by molar-refractivity contribution is 5.97. The van der Waals surface area contributed by atoms with E-state index in [1.54, 1.807) is 19.1 Å². The standard InChI is InChI=1S/C27H31FN2O7/c1-15-19(14-16-6-10-18(28)11-7-16)21(37-26(33)17-8-9-17)5-3-4-20(27(34)36-15)30-25(32)23-24(31)22(35-2)12-13-29-23/h6-7,10-13,15,17,19-21,31H,3-5,8-9,14H2,1-2H3,(H,30,32)/t15-,19-,20?,21-/m0/s1. The van der Waals surface area contributed by atoms with Crippen molar-refractivity contribution in [3.63, 3.8) is 0 Å². The van der Waals surface area contributed by atoms with Crippen LogP contribution >= 0.6 is 0 Å². The second-order valence-corrected chi connectivity index (χ2v) is 9.55. The minimum absolute atomic E-state index is 0.0785. The molecule has 1 amide bonds. The summed E-state index contributed by atoms with van der Waals surface area (Å²) in [7, 11) is 1.35. The topological polar surface area (TPSA) is 124 Å². The number of esters is 2. The first-order valence-corrected chi connectivity index (χ1v) is 12.4. The lowest BCUT2D eigenvalue weighted by atomic mass is 9.87. The minimum Gasteiger partial charge on any atom is -0.503 e. The molecule has 1 unspecified atom stereocenters. The molecule has 198 valence electrons. The van der Waals surface area contributed by atoms with Gasteiger partial charge in [0, 0.05) is 18.2 Å². The number of benzene rings is 1. The highest BCUT2D eigenvalue weighted by atomic mass is 19.1. The molecular weight excluding hydrogens is 483 g/mol. The zero-order chi connectivity index (χ0) is 26.5. The van der Waals surface area contributed by atoms with E-state index in [4.69, 9.17) is 14.2 Å². The molecule has 0 bridgehead atoms. The van der Waals surface area contributed by atoms with Gasteiger partial charge in [-0.2, -0.15) is 0 Å². The minimum atomic E-state index is -0.994. The molecule has 1 saturated heterocycles. The Morgan fingerprint density at radius 3 is 2.57 bits per heavy atom. The molecule has 1 aromatic carbocycles. The predicted molar refractivity (Wildman–Crippen MR) is 129 cm³/mol. The number of carbonyl (C=O) groups excluding carboxylic acids is 3. The van der Waals surface area contributed by atoms with Crippen LogP contribution in [-0.4, -0.2) is 53.3 Å². The number of nitrogens with one attached hydrogen (secondary N) is 1. The molecule has 10 heteroatoms. The van der Waals surface area contributed by atoms with Crippen LogP contribution in [0.3, 0.4) is 0 Å². The number of pyridine rings is 1. The molecule has 2 aliphatic rings. The molecule has 4 atom stereocenters. The van der Waals surface area contributed by atoms with Crippen molar-refractivity contribution in [2.75, 3.05) is 7.11 Å². The van der Waals surface area contributed by atoms with Crippen LogP contribution in [0.4, 0.5) is 4.39 Å². The van der Waals surface area contributed by atoms with Gasteiger partial charge in [0.1, 0.15) is 24.1 Å². The number of methoxy groups -OCH3 is 1. The van der Waals surface area contributed by atoms with Crippen molar-refractivity contribution in [2.45, 2.75) is 63.7 Å². The van der Waals surface area contributed by atoms with Crippen LogP contribution in [0.25, 0.3) is 0 Å². The second kappa shape index (κ2) is 11.6. The van der Waals surface area contributed by atoms with Gasteiger partial charge in [0.2, 0.25) is 0 Å². The van der Waals surface area contributed by atoms with Gasteiger partial charge in [-0.1, -0.05) is 12.1 Å². The lowest BCUT2D eigenvalue weighted by molar-refractivity contribution is -0.162. The summed E-state index contributed by atoms with van der Waals surface area (Å²) in [5.74, 6) is -2.80. The van der Waals surface area contributed by atoms with Crippen LogP contribution in [-0.2, 0) is 25.5 Å². The molecule has 2 heterocycles. The Kier molecular flexibility index (Phi) is 8.25. The summed E-state index contributed by atoms with van der Waals surface area (Å²) in [5.41, 5.74) is 0.552. The van der Waals surface area contributed by atoms with Crippen LogP contribution < -0.4 is 10.1 Å². The number of amides is 1. The van der Waals surface area contributed by atoms with Crippen molar-refractivity contribution in [2.24, 2.45) is 11.8 Å². The van der Waals surface area contributed by atoms with Crippen LogP contribution in [0.15, 0.2) is 36.5 Å². The molecule has 1 aromatic heterocycles. The van der Waals surface area contributed by atoms with Gasteiger partial charge in [0.15, 0.2) is 17.2 Å². The number of hydrogen-bond donors (Lipinski definition) is 2. The number of nitrogens with zero attached hydrogens (tertiary/aromatic N) is 1. The Balaban J connectivity index is 1.52. The Labute approximate surface area is 214 Å². The summed E-state index contributed by atoms with van der Waals surface area (Å²) in [6.07, 6.45) is 3.33. The number of carbonyl (C=O) groups is 3. The number of hydrogen-bond acceptors (Lipinski definition) is 8. The summed E-state index contributed by atoms with van der Waals surface area (Å²) >= 11 is 0. The third-order valence-corrected chi connectivity index (χ3v) is 6.84. The molecular formula is C27H31FN2O7. The van der Waals surface area contributed by atoms with Gasteiger partial charge in [-0.25, -0.2) is 14.2 Å². The van der Waals surface area contributed by atoms with Gasteiger partial charge >= 0.3 is 11.9 Å². The smallest absolute Gasteiger partial charge is 0.328 e. The molecule has 0 spiro atoms. The van der Waals surface area contributed by atoms with Gasteiger partial charge in [0.25, 0.3) is 5.91 Å². The van der Waals surface area contributed by atoms with E-state index in [9.17, 15) is 23.9 Å². The van der Waals surface area contributed by atoms with Crippen molar-refractivity contribution in [3.05, 3.63) is 53.6 Å². The fourth-order valence-corrected chi connectivity index (χ4v) is 4.54. The number of aromatic nitrogens is 1. The molecule has 4 rings (SSSR count). The molecule has 0 radical (unpaired) electrons. The molecule has 1 aliphatic carbocycles. The first-order valence-electron chi connectivity index (χ1n) is 12.4. The van der Waals surface area contributed by atoms with E-state index >= 15 is 0 Å². The van der Waals surface area contributed by atoms with Gasteiger partial charge in [-0.15, -0.1) is 0 Å². The van der Waals surface area contributed by atoms with Crippen molar-refractivity contribution >= 4 is 17.8 Å². The number of aromatic hydroxyl groups is 1. The largest absolute Gasteiger partial charge is 0.503 e. The van der Waals surface area contributed by atoms with E-state index in [2.05, 4.69) is 10.3 Å². The summed E-state index contributed by atoms with van der Waals surface area (Å²) in [6, 6.07) is 6.46. The van der Waals surface area contributed by atoms with Crippen LogP contribution in [0.1, 0.15) is 55.1 Å². The van der Waals surface area contributed by atoms with Gasteiger partial charge < -0.3 is 24.6 Å². The fourth-order valence-electron chi connectivity index (χ4n) is 4.54. The number of cyclic esters (lactones) is 1.